The summed E-state index contributed by atoms with van der Waals surface area (Å²) in [4.78, 5) is 37.1. The summed E-state index contributed by atoms with van der Waals surface area (Å²) < 4.78 is 35.3. The zero-order valence-electron chi connectivity index (χ0n) is 15.4. The lowest BCUT2D eigenvalue weighted by molar-refractivity contribution is -0.133. The van der Waals surface area contributed by atoms with Crippen molar-refractivity contribution in [2.75, 3.05) is 19.5 Å². The molecular formula is C19H21ClO7S. The van der Waals surface area contributed by atoms with Gasteiger partial charge in [0, 0.05) is 36.8 Å². The van der Waals surface area contributed by atoms with Crippen LogP contribution in [-0.4, -0.2) is 51.3 Å². The molecule has 1 aliphatic carbocycles. The monoisotopic (exact) mass is 428 g/mol. The zero-order valence-corrected chi connectivity index (χ0v) is 17.0. The molecule has 1 aromatic rings. The fraction of sp³-hybridized carbons (Fsp3) is 0.526. The van der Waals surface area contributed by atoms with E-state index in [9.17, 15) is 22.8 Å². The molecule has 0 N–H and O–H groups in total. The Morgan fingerprint density at radius 1 is 1.25 bits per heavy atom. The number of carbonyl (C=O) groups is 3. The molecule has 28 heavy (non-hydrogen) atoms. The molecule has 9 heteroatoms. The Kier molecular flexibility index (Phi) is 6.34. The van der Waals surface area contributed by atoms with Gasteiger partial charge in [-0.15, -0.1) is 0 Å². The van der Waals surface area contributed by atoms with Gasteiger partial charge in [-0.05, 0) is 25.0 Å². The third-order valence-electron chi connectivity index (χ3n) is 4.97. The largest absolute Gasteiger partial charge is 0.379 e. The molecule has 152 valence electrons. The molecule has 1 saturated heterocycles. The van der Waals surface area contributed by atoms with E-state index in [2.05, 4.69) is 0 Å². The van der Waals surface area contributed by atoms with Crippen molar-refractivity contribution in [3.63, 3.8) is 0 Å². The average molecular weight is 429 g/mol. The van der Waals surface area contributed by atoms with E-state index in [4.69, 9.17) is 21.1 Å². The van der Waals surface area contributed by atoms with Crippen molar-refractivity contribution >= 4 is 38.8 Å². The molecule has 0 radical (unpaired) electrons. The first-order valence-corrected chi connectivity index (χ1v) is 11.3. The first kappa shape index (κ1) is 21.1. The van der Waals surface area contributed by atoms with E-state index < -0.39 is 33.1 Å². The smallest absolute Gasteiger partial charge is 0.182 e. The molecule has 0 bridgehead atoms. The maximum Gasteiger partial charge on any atom is 0.182 e. The highest BCUT2D eigenvalue weighted by Crippen LogP contribution is 2.32. The third-order valence-corrected chi connectivity index (χ3v) is 6.58. The minimum Gasteiger partial charge on any atom is -0.379 e. The number of hydrogen-bond donors (Lipinski definition) is 0. The molecule has 7 nitrogen and oxygen atoms in total. The Balaban J connectivity index is 1.98. The van der Waals surface area contributed by atoms with Crippen LogP contribution in [0.15, 0.2) is 17.0 Å². The SMILES string of the molecule is CS(=O)(=O)c1ccc(C(=O)C2C(=O)CCCC2=O)c(Cl)c1COC1CCOC1. The Bertz CT molecular complexity index is 900. The van der Waals surface area contributed by atoms with Crippen molar-refractivity contribution in [2.24, 2.45) is 5.92 Å². The van der Waals surface area contributed by atoms with Crippen molar-refractivity contribution in [2.45, 2.75) is 43.3 Å². The highest BCUT2D eigenvalue weighted by molar-refractivity contribution is 7.90. The van der Waals surface area contributed by atoms with Crippen LogP contribution in [0.25, 0.3) is 0 Å². The summed E-state index contributed by atoms with van der Waals surface area (Å²) in [7, 11) is -3.63. The number of Topliss-reactive ketones (excluding diaryl/α,β-unsaturated/α-hetero) is 3. The van der Waals surface area contributed by atoms with Crippen LogP contribution in [0.5, 0.6) is 0 Å². The van der Waals surface area contributed by atoms with E-state index in [0.29, 0.717) is 26.1 Å². The second-order valence-corrected chi connectivity index (χ2v) is 9.42. The third kappa shape index (κ3) is 4.35. The Labute approximate surface area is 168 Å². The van der Waals surface area contributed by atoms with E-state index >= 15 is 0 Å². The van der Waals surface area contributed by atoms with Crippen molar-refractivity contribution in [1.29, 1.82) is 0 Å². The van der Waals surface area contributed by atoms with Crippen LogP contribution in [0.4, 0.5) is 0 Å². The van der Waals surface area contributed by atoms with E-state index in [1.165, 1.54) is 12.1 Å². The number of sulfone groups is 1. The molecule has 3 rings (SSSR count). The fourth-order valence-corrected chi connectivity index (χ4v) is 4.77. The van der Waals surface area contributed by atoms with E-state index in [1.54, 1.807) is 0 Å². The molecule has 0 spiro atoms. The van der Waals surface area contributed by atoms with Crippen LogP contribution < -0.4 is 0 Å². The van der Waals surface area contributed by atoms with Gasteiger partial charge in [-0.1, -0.05) is 11.6 Å². The number of rotatable bonds is 6. The summed E-state index contributed by atoms with van der Waals surface area (Å²) >= 11 is 6.40. The summed E-state index contributed by atoms with van der Waals surface area (Å²) in [6, 6.07) is 2.54. The first-order valence-electron chi connectivity index (χ1n) is 9.00. The van der Waals surface area contributed by atoms with Crippen LogP contribution in [0.1, 0.15) is 41.6 Å². The van der Waals surface area contributed by atoms with Gasteiger partial charge in [0.25, 0.3) is 0 Å². The number of ether oxygens (including phenoxy) is 2. The predicted molar refractivity (Wildman–Crippen MR) is 100 cm³/mol. The average Bonchev–Trinajstić information content (AvgIpc) is 3.12. The van der Waals surface area contributed by atoms with Crippen LogP contribution in [0.2, 0.25) is 5.02 Å². The normalized spacial score (nSPS) is 21.3. The van der Waals surface area contributed by atoms with E-state index in [-0.39, 0.29) is 46.6 Å². The molecule has 1 aliphatic heterocycles. The molecular weight excluding hydrogens is 408 g/mol. The van der Waals surface area contributed by atoms with Crippen molar-refractivity contribution in [3.05, 3.63) is 28.3 Å². The number of carbonyl (C=O) groups excluding carboxylic acids is 3. The highest BCUT2D eigenvalue weighted by Gasteiger charge is 2.38. The summed E-state index contributed by atoms with van der Waals surface area (Å²) in [6.45, 7) is 0.834. The van der Waals surface area contributed by atoms with Crippen molar-refractivity contribution < 1.29 is 32.3 Å². The van der Waals surface area contributed by atoms with Crippen LogP contribution in [0.3, 0.4) is 0 Å². The Morgan fingerprint density at radius 2 is 1.93 bits per heavy atom. The minimum atomic E-state index is -3.63. The van der Waals surface area contributed by atoms with E-state index in [1.807, 2.05) is 0 Å². The fourth-order valence-electron chi connectivity index (χ4n) is 3.47. The van der Waals surface area contributed by atoms with Gasteiger partial charge in [-0.2, -0.15) is 0 Å². The first-order chi connectivity index (χ1) is 13.2. The lowest BCUT2D eigenvalue weighted by Crippen LogP contribution is -2.35. The van der Waals surface area contributed by atoms with Gasteiger partial charge in [-0.3, -0.25) is 14.4 Å². The zero-order chi connectivity index (χ0) is 20.5. The number of hydrogen-bond acceptors (Lipinski definition) is 7. The number of benzene rings is 1. The standard InChI is InChI=1S/C19H21ClO7S/c1-28(24,25)16-6-5-12(19(23)17-14(21)3-2-4-15(17)22)18(20)13(16)10-27-11-7-8-26-9-11/h5-6,11,17H,2-4,7-10H2,1H3. The topological polar surface area (TPSA) is 104 Å². The molecule has 1 unspecified atom stereocenters. The van der Waals surface area contributed by atoms with Crippen LogP contribution in [0, 0.1) is 5.92 Å². The van der Waals surface area contributed by atoms with Gasteiger partial charge >= 0.3 is 0 Å². The summed E-state index contributed by atoms with van der Waals surface area (Å²) in [6.07, 6.45) is 2.29. The van der Waals surface area contributed by atoms with Gasteiger partial charge in [0.2, 0.25) is 0 Å². The molecule has 2 fully saturated rings. The van der Waals surface area contributed by atoms with Gasteiger partial charge in [-0.25, -0.2) is 8.42 Å². The maximum absolute atomic E-state index is 12.9. The lowest BCUT2D eigenvalue weighted by atomic mass is 9.81. The van der Waals surface area contributed by atoms with E-state index in [0.717, 1.165) is 6.26 Å². The van der Waals surface area contributed by atoms with Gasteiger partial charge in [0.15, 0.2) is 27.2 Å². The summed E-state index contributed by atoms with van der Waals surface area (Å²) in [5.41, 5.74) is 0.113. The number of ketones is 3. The second kappa shape index (κ2) is 8.41. The molecule has 0 amide bonds. The van der Waals surface area contributed by atoms with Gasteiger partial charge < -0.3 is 9.47 Å². The second-order valence-electron chi connectivity index (χ2n) is 7.06. The Hall–Kier alpha value is -1.61. The molecule has 1 aromatic carbocycles. The molecule has 1 heterocycles. The quantitative estimate of drug-likeness (QED) is 0.505. The van der Waals surface area contributed by atoms with Crippen LogP contribution >= 0.6 is 11.6 Å². The minimum absolute atomic E-state index is 0.0380. The van der Waals surface area contributed by atoms with Crippen LogP contribution in [-0.2, 0) is 35.5 Å². The highest BCUT2D eigenvalue weighted by atomic mass is 35.5. The molecule has 0 aromatic heterocycles. The molecule has 2 aliphatic rings. The number of halogens is 1. The lowest BCUT2D eigenvalue weighted by Gasteiger charge is -2.20. The van der Waals surface area contributed by atoms with Crippen molar-refractivity contribution in [1.82, 2.24) is 0 Å². The predicted octanol–water partition coefficient (Wildman–Crippen LogP) is 2.17. The summed E-state index contributed by atoms with van der Waals surface area (Å²) in [5.74, 6) is -2.91. The molecule has 1 saturated carbocycles. The maximum atomic E-state index is 12.9. The summed E-state index contributed by atoms with van der Waals surface area (Å²) in [5, 5.41) is -0.0991. The Morgan fingerprint density at radius 3 is 2.50 bits per heavy atom. The van der Waals surface area contributed by atoms with Gasteiger partial charge in [0.1, 0.15) is 5.92 Å². The molecule has 1 atom stereocenters. The van der Waals surface area contributed by atoms with Gasteiger partial charge in [0.05, 0.1) is 29.2 Å². The van der Waals surface area contributed by atoms with Crippen molar-refractivity contribution in [3.8, 4) is 0 Å².